The fourth-order valence-corrected chi connectivity index (χ4v) is 0.840. The summed E-state index contributed by atoms with van der Waals surface area (Å²) in [7, 11) is 1.62. The third kappa shape index (κ3) is 11.4. The van der Waals surface area contributed by atoms with Crippen LogP contribution in [0.5, 0.6) is 0 Å². The first-order chi connectivity index (χ1) is 7.45. The van der Waals surface area contributed by atoms with Crippen molar-refractivity contribution in [3.05, 3.63) is 0 Å². The normalized spacial score (nSPS) is 11.5. The van der Waals surface area contributed by atoms with Gasteiger partial charge in [0.15, 0.2) is 0 Å². The van der Waals surface area contributed by atoms with E-state index in [1.165, 1.54) is 0 Å². The zero-order valence-electron chi connectivity index (χ0n) is 10.7. The molecule has 0 aromatic heterocycles. The molecule has 1 N–H and O–H groups in total. The highest BCUT2D eigenvalue weighted by molar-refractivity contribution is 5.77. The Labute approximate surface area is 97.4 Å². The molecule has 0 fully saturated rings. The third-order valence-corrected chi connectivity index (χ3v) is 1.64. The Hall–Kier alpha value is -0.650. The Morgan fingerprint density at radius 3 is 2.44 bits per heavy atom. The van der Waals surface area contributed by atoms with Crippen molar-refractivity contribution in [2.45, 2.75) is 26.4 Å². The molecule has 0 aliphatic carbocycles. The quantitative estimate of drug-likeness (QED) is 0.623. The lowest BCUT2D eigenvalue weighted by Gasteiger charge is -2.18. The van der Waals surface area contributed by atoms with Crippen LogP contribution in [0.15, 0.2) is 0 Å². The zero-order chi connectivity index (χ0) is 12.4. The summed E-state index contributed by atoms with van der Waals surface area (Å²) >= 11 is 0. The van der Waals surface area contributed by atoms with Crippen molar-refractivity contribution in [3.8, 4) is 0 Å². The molecule has 0 unspecified atom stereocenters. The van der Waals surface area contributed by atoms with Crippen molar-refractivity contribution >= 4 is 5.91 Å². The minimum atomic E-state index is -0.285. The fourth-order valence-electron chi connectivity index (χ4n) is 0.840. The average molecular weight is 233 g/mol. The average Bonchev–Trinajstić information content (AvgIpc) is 2.19. The van der Waals surface area contributed by atoms with Crippen LogP contribution < -0.4 is 5.32 Å². The van der Waals surface area contributed by atoms with Gasteiger partial charge in [0.2, 0.25) is 5.91 Å². The number of nitrogens with one attached hydrogen (secondary N) is 1. The van der Waals surface area contributed by atoms with Gasteiger partial charge in [0, 0.05) is 13.7 Å². The first-order valence-electron chi connectivity index (χ1n) is 5.43. The third-order valence-electron chi connectivity index (χ3n) is 1.64. The SMILES string of the molecule is COCCOCCNC(=O)COC(C)(C)C. The second kappa shape index (κ2) is 8.50. The van der Waals surface area contributed by atoms with Gasteiger partial charge in [-0.15, -0.1) is 0 Å². The van der Waals surface area contributed by atoms with Gasteiger partial charge in [0.25, 0.3) is 0 Å². The van der Waals surface area contributed by atoms with Gasteiger partial charge in [-0.3, -0.25) is 4.79 Å². The summed E-state index contributed by atoms with van der Waals surface area (Å²) in [5.41, 5.74) is -0.285. The van der Waals surface area contributed by atoms with E-state index in [-0.39, 0.29) is 18.1 Å². The summed E-state index contributed by atoms with van der Waals surface area (Å²) in [4.78, 5) is 11.3. The first kappa shape index (κ1) is 15.3. The standard InChI is InChI=1S/C11H23NO4/c1-11(2,3)16-9-10(13)12-5-6-15-8-7-14-4/h5-9H2,1-4H3,(H,12,13). The van der Waals surface area contributed by atoms with Gasteiger partial charge in [-0.05, 0) is 20.8 Å². The van der Waals surface area contributed by atoms with Gasteiger partial charge in [0.1, 0.15) is 6.61 Å². The molecule has 0 rings (SSSR count). The molecular formula is C11H23NO4. The van der Waals surface area contributed by atoms with Crippen LogP contribution in [0.1, 0.15) is 20.8 Å². The minimum absolute atomic E-state index is 0.0849. The first-order valence-corrected chi connectivity index (χ1v) is 5.43. The summed E-state index contributed by atoms with van der Waals surface area (Å²) in [6.07, 6.45) is 0. The topological polar surface area (TPSA) is 56.8 Å². The van der Waals surface area contributed by atoms with Crippen LogP contribution in [0.2, 0.25) is 0 Å². The lowest BCUT2D eigenvalue weighted by Crippen LogP contribution is -2.34. The second-order valence-corrected chi connectivity index (χ2v) is 4.36. The van der Waals surface area contributed by atoms with Crippen molar-refractivity contribution in [2.24, 2.45) is 0 Å². The lowest BCUT2D eigenvalue weighted by molar-refractivity contribution is -0.130. The number of carbonyl (C=O) groups excluding carboxylic acids is 1. The van der Waals surface area contributed by atoms with Crippen molar-refractivity contribution in [3.63, 3.8) is 0 Å². The van der Waals surface area contributed by atoms with Gasteiger partial charge in [-0.2, -0.15) is 0 Å². The molecule has 5 heteroatoms. The number of rotatable bonds is 8. The highest BCUT2D eigenvalue weighted by Gasteiger charge is 2.12. The van der Waals surface area contributed by atoms with Crippen LogP contribution in [0.4, 0.5) is 0 Å². The lowest BCUT2D eigenvalue weighted by atomic mass is 10.2. The van der Waals surface area contributed by atoms with E-state index in [4.69, 9.17) is 14.2 Å². The Morgan fingerprint density at radius 1 is 1.19 bits per heavy atom. The number of methoxy groups -OCH3 is 1. The highest BCUT2D eigenvalue weighted by atomic mass is 16.5. The maximum Gasteiger partial charge on any atom is 0.246 e. The Balaban J connectivity index is 3.31. The van der Waals surface area contributed by atoms with Crippen LogP contribution in [0.3, 0.4) is 0 Å². The van der Waals surface area contributed by atoms with Crippen molar-refractivity contribution in [1.82, 2.24) is 5.32 Å². The van der Waals surface area contributed by atoms with E-state index in [0.717, 1.165) is 0 Å². The minimum Gasteiger partial charge on any atom is -0.382 e. The molecule has 5 nitrogen and oxygen atoms in total. The van der Waals surface area contributed by atoms with Gasteiger partial charge < -0.3 is 19.5 Å². The molecule has 16 heavy (non-hydrogen) atoms. The molecule has 0 aliphatic rings. The molecule has 0 spiro atoms. The highest BCUT2D eigenvalue weighted by Crippen LogP contribution is 2.05. The van der Waals surface area contributed by atoms with E-state index in [2.05, 4.69) is 5.32 Å². The van der Waals surface area contributed by atoms with E-state index < -0.39 is 0 Å². The molecule has 0 atom stereocenters. The van der Waals surface area contributed by atoms with Gasteiger partial charge in [-0.1, -0.05) is 0 Å². The van der Waals surface area contributed by atoms with Crippen LogP contribution >= 0.6 is 0 Å². The largest absolute Gasteiger partial charge is 0.382 e. The number of hydrogen-bond donors (Lipinski definition) is 1. The molecule has 0 heterocycles. The summed E-state index contributed by atoms with van der Waals surface area (Å²) in [6.45, 7) is 7.92. The molecule has 0 saturated carbocycles. The molecule has 96 valence electrons. The summed E-state index contributed by atoms with van der Waals surface area (Å²) in [6, 6.07) is 0. The van der Waals surface area contributed by atoms with Gasteiger partial charge >= 0.3 is 0 Å². The van der Waals surface area contributed by atoms with E-state index in [1.54, 1.807) is 7.11 Å². The van der Waals surface area contributed by atoms with Crippen molar-refractivity contribution < 1.29 is 19.0 Å². The maximum atomic E-state index is 11.3. The van der Waals surface area contributed by atoms with Crippen molar-refractivity contribution in [2.75, 3.05) is 40.1 Å². The molecule has 0 radical (unpaired) electrons. The van der Waals surface area contributed by atoms with Crippen LogP contribution in [0.25, 0.3) is 0 Å². The van der Waals surface area contributed by atoms with E-state index in [1.807, 2.05) is 20.8 Å². The number of ether oxygens (including phenoxy) is 3. The molecule has 1 amide bonds. The molecular weight excluding hydrogens is 210 g/mol. The second-order valence-electron chi connectivity index (χ2n) is 4.36. The van der Waals surface area contributed by atoms with E-state index in [9.17, 15) is 4.79 Å². The number of carbonyl (C=O) groups is 1. The molecule has 0 aliphatic heterocycles. The Morgan fingerprint density at radius 2 is 1.88 bits per heavy atom. The Bertz CT molecular complexity index is 189. The van der Waals surface area contributed by atoms with Crippen LogP contribution in [-0.4, -0.2) is 51.6 Å². The summed E-state index contributed by atoms with van der Waals surface area (Å²) < 4.78 is 15.3. The summed E-state index contributed by atoms with van der Waals surface area (Å²) in [5.74, 6) is -0.120. The maximum absolute atomic E-state index is 11.3. The predicted octanol–water partition coefficient (Wildman–Crippen LogP) is 0.581. The fraction of sp³-hybridized carbons (Fsp3) is 0.909. The molecule has 0 saturated heterocycles. The van der Waals surface area contributed by atoms with E-state index >= 15 is 0 Å². The Kier molecular flexibility index (Phi) is 8.15. The molecule has 0 aromatic rings. The molecule has 0 bridgehead atoms. The van der Waals surface area contributed by atoms with Crippen molar-refractivity contribution in [1.29, 1.82) is 0 Å². The summed E-state index contributed by atoms with van der Waals surface area (Å²) in [5, 5.41) is 2.70. The predicted molar refractivity (Wildman–Crippen MR) is 61.4 cm³/mol. The van der Waals surface area contributed by atoms with Gasteiger partial charge in [-0.25, -0.2) is 0 Å². The number of hydrogen-bond acceptors (Lipinski definition) is 4. The zero-order valence-corrected chi connectivity index (χ0v) is 10.7. The molecule has 0 aromatic carbocycles. The van der Waals surface area contributed by atoms with E-state index in [0.29, 0.717) is 26.4 Å². The van der Waals surface area contributed by atoms with Gasteiger partial charge in [0.05, 0.1) is 25.4 Å². The van der Waals surface area contributed by atoms with Crippen LogP contribution in [0, 0.1) is 0 Å². The van der Waals surface area contributed by atoms with Crippen LogP contribution in [-0.2, 0) is 19.0 Å². The smallest absolute Gasteiger partial charge is 0.246 e. The monoisotopic (exact) mass is 233 g/mol. The number of amides is 1.